The average molecular weight is 332 g/mol. The Kier molecular flexibility index (Phi) is 4.72. The fraction of sp³-hybridized carbons (Fsp3) is 0.263. The van der Waals surface area contributed by atoms with Gasteiger partial charge in [-0.05, 0) is 41.8 Å². The highest BCUT2D eigenvalue weighted by atomic mass is 28.3. The molecule has 0 fully saturated rings. The quantitative estimate of drug-likeness (QED) is 0.450. The van der Waals surface area contributed by atoms with E-state index in [4.69, 9.17) is 0 Å². The molecule has 0 bridgehead atoms. The first-order valence-electron chi connectivity index (χ1n) is 7.38. The van der Waals surface area contributed by atoms with E-state index in [9.17, 15) is 13.2 Å². The molecule has 120 valence electrons. The van der Waals surface area contributed by atoms with Crippen molar-refractivity contribution in [3.63, 3.8) is 0 Å². The van der Waals surface area contributed by atoms with E-state index < -0.39 is 19.8 Å². The number of alkyl halides is 3. The van der Waals surface area contributed by atoms with Crippen molar-refractivity contribution in [2.75, 3.05) is 0 Å². The zero-order chi connectivity index (χ0) is 17.3. The molecule has 0 saturated carbocycles. The van der Waals surface area contributed by atoms with Gasteiger partial charge in [-0.3, -0.25) is 0 Å². The highest BCUT2D eigenvalue weighted by molar-refractivity contribution is 6.83. The van der Waals surface area contributed by atoms with Crippen molar-refractivity contribution in [3.8, 4) is 22.6 Å². The number of hydrogen-bond acceptors (Lipinski definition) is 0. The second-order valence-electron chi connectivity index (χ2n) is 6.57. The van der Waals surface area contributed by atoms with E-state index in [2.05, 4.69) is 31.1 Å². The highest BCUT2D eigenvalue weighted by Gasteiger charge is 2.33. The second-order valence-corrected chi connectivity index (χ2v) is 11.3. The van der Waals surface area contributed by atoms with Crippen molar-refractivity contribution in [1.82, 2.24) is 0 Å². The summed E-state index contributed by atoms with van der Waals surface area (Å²) in [5, 5.41) is 0. The van der Waals surface area contributed by atoms with Crippen LogP contribution >= 0.6 is 0 Å². The third-order valence-corrected chi connectivity index (χ3v) is 4.21. The first kappa shape index (κ1) is 17.4. The van der Waals surface area contributed by atoms with E-state index in [1.807, 2.05) is 13.0 Å². The zero-order valence-electron chi connectivity index (χ0n) is 13.7. The fourth-order valence-electron chi connectivity index (χ4n) is 2.27. The second kappa shape index (κ2) is 6.25. The van der Waals surface area contributed by atoms with Gasteiger partial charge in [0.05, 0.1) is 5.56 Å². The molecule has 2 aromatic carbocycles. The Labute approximate surface area is 136 Å². The Morgan fingerprint density at radius 3 is 2.13 bits per heavy atom. The van der Waals surface area contributed by atoms with Crippen LogP contribution in [-0.4, -0.2) is 8.07 Å². The Hall–Kier alpha value is -1.99. The standard InChI is InChI=1S/C19H19F3Si/c1-14-13-15(11-12-23(2,3)4)9-10-16(14)17-7-5-6-8-18(17)19(20,21)22/h5-10,13H,1-4H3. The molecule has 0 spiro atoms. The largest absolute Gasteiger partial charge is 0.417 e. The maximum absolute atomic E-state index is 13.2. The van der Waals surface area contributed by atoms with Crippen molar-refractivity contribution in [2.24, 2.45) is 0 Å². The molecule has 0 unspecified atom stereocenters. The van der Waals surface area contributed by atoms with Crippen LogP contribution in [0, 0.1) is 18.4 Å². The lowest BCUT2D eigenvalue weighted by molar-refractivity contribution is -0.137. The Morgan fingerprint density at radius 1 is 0.913 bits per heavy atom. The summed E-state index contributed by atoms with van der Waals surface area (Å²) in [6, 6.07) is 11.1. The first-order chi connectivity index (χ1) is 10.6. The van der Waals surface area contributed by atoms with E-state index in [1.165, 1.54) is 12.1 Å². The smallest absolute Gasteiger partial charge is 0.166 e. The molecule has 0 aliphatic heterocycles. The van der Waals surface area contributed by atoms with Gasteiger partial charge in [-0.25, -0.2) is 0 Å². The van der Waals surface area contributed by atoms with E-state index in [-0.39, 0.29) is 5.56 Å². The molecule has 2 aromatic rings. The molecule has 0 aliphatic rings. The summed E-state index contributed by atoms with van der Waals surface area (Å²) in [5.41, 5.74) is 5.11. The van der Waals surface area contributed by atoms with Crippen molar-refractivity contribution in [1.29, 1.82) is 0 Å². The maximum atomic E-state index is 13.2. The Bertz CT molecular complexity index is 772. The van der Waals surface area contributed by atoms with Crippen LogP contribution in [0.1, 0.15) is 16.7 Å². The summed E-state index contributed by atoms with van der Waals surface area (Å²) in [6.07, 6.45) is -4.36. The van der Waals surface area contributed by atoms with Crippen molar-refractivity contribution in [2.45, 2.75) is 32.7 Å². The SMILES string of the molecule is Cc1cc(C#C[Si](C)(C)C)ccc1-c1ccccc1C(F)(F)F. The third kappa shape index (κ3) is 4.49. The average Bonchev–Trinajstić information content (AvgIpc) is 2.43. The molecular formula is C19H19F3Si. The number of halogens is 3. The van der Waals surface area contributed by atoms with Crippen LogP contribution in [0.4, 0.5) is 13.2 Å². The van der Waals surface area contributed by atoms with Gasteiger partial charge in [-0.15, -0.1) is 5.54 Å². The van der Waals surface area contributed by atoms with Crippen molar-refractivity contribution < 1.29 is 13.2 Å². The molecular weight excluding hydrogens is 313 g/mol. The van der Waals surface area contributed by atoms with Gasteiger partial charge in [0.2, 0.25) is 0 Å². The molecule has 0 N–H and O–H groups in total. The van der Waals surface area contributed by atoms with Crippen LogP contribution in [-0.2, 0) is 6.18 Å². The lowest BCUT2D eigenvalue weighted by Gasteiger charge is -2.14. The van der Waals surface area contributed by atoms with Crippen molar-refractivity contribution in [3.05, 3.63) is 59.2 Å². The van der Waals surface area contributed by atoms with Gasteiger partial charge in [0.15, 0.2) is 0 Å². The molecule has 0 amide bonds. The monoisotopic (exact) mass is 332 g/mol. The summed E-state index contributed by atoms with van der Waals surface area (Å²) >= 11 is 0. The van der Waals surface area contributed by atoms with Gasteiger partial charge < -0.3 is 0 Å². The van der Waals surface area contributed by atoms with Crippen LogP contribution in [0.2, 0.25) is 19.6 Å². The van der Waals surface area contributed by atoms with Gasteiger partial charge >= 0.3 is 6.18 Å². The van der Waals surface area contributed by atoms with Crippen LogP contribution in [0.5, 0.6) is 0 Å². The molecule has 0 heterocycles. The van der Waals surface area contributed by atoms with E-state index >= 15 is 0 Å². The topological polar surface area (TPSA) is 0 Å². The molecule has 0 saturated heterocycles. The van der Waals surface area contributed by atoms with Crippen molar-refractivity contribution >= 4 is 8.07 Å². The Balaban J connectivity index is 2.49. The zero-order valence-corrected chi connectivity index (χ0v) is 14.7. The maximum Gasteiger partial charge on any atom is 0.417 e. The molecule has 0 aromatic heterocycles. The highest BCUT2D eigenvalue weighted by Crippen LogP contribution is 2.38. The van der Waals surface area contributed by atoms with Crippen LogP contribution in [0.3, 0.4) is 0 Å². The first-order valence-corrected chi connectivity index (χ1v) is 10.9. The van der Waals surface area contributed by atoms with Gasteiger partial charge in [0, 0.05) is 5.56 Å². The summed E-state index contributed by atoms with van der Waals surface area (Å²) in [5.74, 6) is 3.14. The molecule has 0 nitrogen and oxygen atoms in total. The summed E-state index contributed by atoms with van der Waals surface area (Å²) in [4.78, 5) is 0. The fourth-order valence-corrected chi connectivity index (χ4v) is 2.79. The van der Waals surface area contributed by atoms with Gasteiger partial charge in [-0.2, -0.15) is 13.2 Å². The lowest BCUT2D eigenvalue weighted by Crippen LogP contribution is -2.16. The minimum Gasteiger partial charge on any atom is -0.166 e. The third-order valence-electron chi connectivity index (χ3n) is 3.33. The van der Waals surface area contributed by atoms with Crippen LogP contribution in [0.15, 0.2) is 42.5 Å². The summed E-state index contributed by atoms with van der Waals surface area (Å²) in [6.45, 7) is 8.28. The van der Waals surface area contributed by atoms with Gasteiger partial charge in [0.25, 0.3) is 0 Å². The Morgan fingerprint density at radius 2 is 1.57 bits per heavy atom. The van der Waals surface area contributed by atoms with E-state index in [0.29, 0.717) is 5.56 Å². The molecule has 0 aliphatic carbocycles. The number of rotatable bonds is 1. The van der Waals surface area contributed by atoms with Crippen LogP contribution < -0.4 is 0 Å². The van der Waals surface area contributed by atoms with Crippen LogP contribution in [0.25, 0.3) is 11.1 Å². The lowest BCUT2D eigenvalue weighted by atomic mass is 9.94. The number of benzene rings is 2. The van der Waals surface area contributed by atoms with Gasteiger partial charge in [0.1, 0.15) is 8.07 Å². The predicted octanol–water partition coefficient (Wildman–Crippen LogP) is 5.91. The summed E-state index contributed by atoms with van der Waals surface area (Å²) in [7, 11) is -1.48. The molecule has 23 heavy (non-hydrogen) atoms. The number of aryl methyl sites for hydroxylation is 1. The summed E-state index contributed by atoms with van der Waals surface area (Å²) < 4.78 is 39.5. The molecule has 0 atom stereocenters. The minimum atomic E-state index is -4.36. The molecule has 2 rings (SSSR count). The minimum absolute atomic E-state index is 0.210. The normalized spacial score (nSPS) is 11.8. The van der Waals surface area contributed by atoms with Gasteiger partial charge in [-0.1, -0.05) is 49.8 Å². The molecule has 0 radical (unpaired) electrons. The predicted molar refractivity (Wildman–Crippen MR) is 91.8 cm³/mol. The van der Waals surface area contributed by atoms with E-state index in [1.54, 1.807) is 18.2 Å². The number of hydrogen-bond donors (Lipinski definition) is 0. The van der Waals surface area contributed by atoms with E-state index in [0.717, 1.165) is 17.2 Å². The molecule has 4 heteroatoms.